The zero-order valence-electron chi connectivity index (χ0n) is 14.4. The van der Waals surface area contributed by atoms with Crippen LogP contribution in [0.2, 0.25) is 0 Å². The molecule has 0 atom stereocenters. The Labute approximate surface area is 142 Å². The van der Waals surface area contributed by atoms with Crippen LogP contribution in [0.5, 0.6) is 0 Å². The molecule has 0 aliphatic heterocycles. The molecule has 0 spiro atoms. The zero-order valence-corrected chi connectivity index (χ0v) is 15.2. The summed E-state index contributed by atoms with van der Waals surface area (Å²) in [5.41, 5.74) is 3.89. The number of thioether (sulfide) groups is 1. The lowest BCUT2D eigenvalue weighted by molar-refractivity contribution is 0.102. The Balaban J connectivity index is 2.44. The molecule has 0 saturated heterocycles. The summed E-state index contributed by atoms with van der Waals surface area (Å²) in [4.78, 5) is 17.1. The number of amides is 1. The molecule has 1 heterocycles. The van der Waals surface area contributed by atoms with Gasteiger partial charge in [0, 0.05) is 11.9 Å². The maximum absolute atomic E-state index is 12.8. The molecule has 0 bridgehead atoms. The number of para-hydroxylation sites is 1. The lowest BCUT2D eigenvalue weighted by Crippen LogP contribution is -2.17. The summed E-state index contributed by atoms with van der Waals surface area (Å²) in [6, 6.07) is 9.86. The minimum absolute atomic E-state index is 0.0996. The fourth-order valence-electron chi connectivity index (χ4n) is 2.60. The number of rotatable bonds is 5. The van der Waals surface area contributed by atoms with Crippen molar-refractivity contribution in [3.63, 3.8) is 0 Å². The molecule has 2 aromatic rings. The van der Waals surface area contributed by atoms with Gasteiger partial charge >= 0.3 is 0 Å². The number of anilines is 1. The van der Waals surface area contributed by atoms with Crippen LogP contribution in [0.1, 0.15) is 61.0 Å². The van der Waals surface area contributed by atoms with Crippen LogP contribution in [0.4, 0.5) is 5.69 Å². The molecule has 1 aromatic heterocycles. The first-order valence-corrected chi connectivity index (χ1v) is 9.11. The van der Waals surface area contributed by atoms with Gasteiger partial charge < -0.3 is 5.32 Å². The largest absolute Gasteiger partial charge is 0.321 e. The van der Waals surface area contributed by atoms with E-state index in [2.05, 4.69) is 56.2 Å². The van der Waals surface area contributed by atoms with Crippen LogP contribution in [0, 0.1) is 0 Å². The Morgan fingerprint density at radius 1 is 1.04 bits per heavy atom. The number of nitrogens with one attached hydrogen (secondary N) is 1. The topological polar surface area (TPSA) is 42.0 Å². The Bertz CT molecular complexity index is 669. The van der Waals surface area contributed by atoms with Crippen molar-refractivity contribution in [1.29, 1.82) is 0 Å². The van der Waals surface area contributed by atoms with Gasteiger partial charge in [-0.1, -0.05) is 45.9 Å². The summed E-state index contributed by atoms with van der Waals surface area (Å²) in [5, 5.41) is 3.89. The van der Waals surface area contributed by atoms with Gasteiger partial charge in [-0.15, -0.1) is 11.8 Å². The highest BCUT2D eigenvalue weighted by Crippen LogP contribution is 2.33. The van der Waals surface area contributed by atoms with Crippen molar-refractivity contribution >= 4 is 23.4 Å². The van der Waals surface area contributed by atoms with Crippen molar-refractivity contribution < 1.29 is 4.79 Å². The van der Waals surface area contributed by atoms with E-state index >= 15 is 0 Å². The van der Waals surface area contributed by atoms with Gasteiger partial charge in [0.2, 0.25) is 0 Å². The molecule has 0 aliphatic rings. The van der Waals surface area contributed by atoms with Gasteiger partial charge in [-0.25, -0.2) is 4.98 Å². The van der Waals surface area contributed by atoms with Gasteiger partial charge in [-0.05, 0) is 41.4 Å². The normalized spacial score (nSPS) is 11.1. The molecule has 2 rings (SSSR count). The maximum atomic E-state index is 12.8. The zero-order chi connectivity index (χ0) is 17.0. The van der Waals surface area contributed by atoms with Gasteiger partial charge in [0.05, 0.1) is 5.56 Å². The second-order valence-corrected chi connectivity index (χ2v) is 6.93. The molecule has 1 aromatic carbocycles. The molecule has 0 saturated carbocycles. The van der Waals surface area contributed by atoms with Crippen molar-refractivity contribution in [2.24, 2.45) is 0 Å². The summed E-state index contributed by atoms with van der Waals surface area (Å²) >= 11 is 1.48. The fraction of sp³-hybridized carbons (Fsp3) is 0.368. The van der Waals surface area contributed by atoms with Gasteiger partial charge in [0.1, 0.15) is 5.03 Å². The minimum atomic E-state index is -0.0996. The highest BCUT2D eigenvalue weighted by Gasteiger charge is 2.18. The lowest BCUT2D eigenvalue weighted by Gasteiger charge is -2.20. The average Bonchev–Trinajstić information content (AvgIpc) is 2.54. The Hall–Kier alpha value is -1.81. The number of carbonyl (C=O) groups excluding carboxylic acids is 1. The second kappa shape index (κ2) is 7.64. The van der Waals surface area contributed by atoms with Crippen molar-refractivity contribution in [3.8, 4) is 0 Å². The van der Waals surface area contributed by atoms with Gasteiger partial charge in [0.25, 0.3) is 5.91 Å². The minimum Gasteiger partial charge on any atom is -0.321 e. The van der Waals surface area contributed by atoms with E-state index in [0.29, 0.717) is 17.4 Å². The molecule has 0 aliphatic carbocycles. The molecule has 0 fully saturated rings. The predicted molar refractivity (Wildman–Crippen MR) is 98.6 cm³/mol. The van der Waals surface area contributed by atoms with Crippen LogP contribution in [-0.2, 0) is 0 Å². The molecule has 4 heteroatoms. The number of benzene rings is 1. The number of aromatic nitrogens is 1. The van der Waals surface area contributed by atoms with Crippen molar-refractivity contribution in [3.05, 3.63) is 53.2 Å². The van der Waals surface area contributed by atoms with E-state index in [1.165, 1.54) is 22.9 Å². The third kappa shape index (κ3) is 3.94. The van der Waals surface area contributed by atoms with Gasteiger partial charge in [0.15, 0.2) is 0 Å². The monoisotopic (exact) mass is 328 g/mol. The third-order valence-electron chi connectivity index (χ3n) is 3.82. The first kappa shape index (κ1) is 17.5. The highest BCUT2D eigenvalue weighted by atomic mass is 32.2. The summed E-state index contributed by atoms with van der Waals surface area (Å²) in [7, 11) is 0. The van der Waals surface area contributed by atoms with Gasteiger partial charge in [-0.2, -0.15) is 0 Å². The first-order valence-electron chi connectivity index (χ1n) is 7.88. The molecular formula is C19H24N2OS. The van der Waals surface area contributed by atoms with Gasteiger partial charge in [-0.3, -0.25) is 4.79 Å². The van der Waals surface area contributed by atoms with Crippen LogP contribution in [0.25, 0.3) is 0 Å². The van der Waals surface area contributed by atoms with Crippen molar-refractivity contribution in [2.45, 2.75) is 44.6 Å². The Kier molecular flexibility index (Phi) is 5.83. The average molecular weight is 328 g/mol. The number of pyridine rings is 1. The number of carbonyl (C=O) groups is 1. The molecule has 0 unspecified atom stereocenters. The van der Waals surface area contributed by atoms with Crippen molar-refractivity contribution in [2.75, 3.05) is 11.6 Å². The summed E-state index contributed by atoms with van der Waals surface area (Å²) < 4.78 is 0. The van der Waals surface area contributed by atoms with E-state index in [4.69, 9.17) is 0 Å². The first-order chi connectivity index (χ1) is 11.0. The highest BCUT2D eigenvalue weighted by molar-refractivity contribution is 7.98. The van der Waals surface area contributed by atoms with Crippen LogP contribution in [-0.4, -0.2) is 17.1 Å². The molecule has 3 nitrogen and oxygen atoms in total. The lowest BCUT2D eigenvalue weighted by atomic mass is 9.92. The molecule has 122 valence electrons. The van der Waals surface area contributed by atoms with Crippen molar-refractivity contribution in [1.82, 2.24) is 4.98 Å². The molecule has 23 heavy (non-hydrogen) atoms. The summed E-state index contributed by atoms with van der Waals surface area (Å²) in [5.74, 6) is 0.591. The fourth-order valence-corrected chi connectivity index (χ4v) is 3.15. The van der Waals surface area contributed by atoms with Crippen LogP contribution < -0.4 is 5.32 Å². The van der Waals surface area contributed by atoms with E-state index in [0.717, 1.165) is 10.7 Å². The smallest absolute Gasteiger partial charge is 0.258 e. The molecule has 1 N–H and O–H groups in total. The van der Waals surface area contributed by atoms with E-state index in [9.17, 15) is 4.79 Å². The third-order valence-corrected chi connectivity index (χ3v) is 4.53. The quantitative estimate of drug-likeness (QED) is 0.757. The van der Waals surface area contributed by atoms with E-state index in [1.807, 2.05) is 12.3 Å². The number of nitrogens with zero attached hydrogens (tertiary/aromatic N) is 1. The predicted octanol–water partition coefficient (Wildman–Crippen LogP) is 5.30. The van der Waals surface area contributed by atoms with Crippen LogP contribution >= 0.6 is 11.8 Å². The molecular weight excluding hydrogens is 304 g/mol. The van der Waals surface area contributed by atoms with Crippen LogP contribution in [0.3, 0.4) is 0 Å². The number of hydrogen-bond acceptors (Lipinski definition) is 3. The van der Waals surface area contributed by atoms with E-state index in [-0.39, 0.29) is 5.91 Å². The summed E-state index contributed by atoms with van der Waals surface area (Å²) in [6.07, 6.45) is 3.64. The molecule has 0 radical (unpaired) electrons. The van der Waals surface area contributed by atoms with Crippen LogP contribution in [0.15, 0.2) is 41.6 Å². The number of hydrogen-bond donors (Lipinski definition) is 1. The molecule has 1 amide bonds. The second-order valence-electron chi connectivity index (χ2n) is 6.14. The standard InChI is InChI=1S/C19H24N2OS/c1-12(2)14-8-6-9-15(13(3)4)17(14)21-18(22)16-10-7-11-20-19(16)23-5/h6-13H,1-5H3,(H,21,22). The SMILES string of the molecule is CSc1ncccc1C(=O)Nc1c(C(C)C)cccc1C(C)C. The Morgan fingerprint density at radius 3 is 2.17 bits per heavy atom. The van der Waals surface area contributed by atoms with E-state index in [1.54, 1.807) is 12.3 Å². The van der Waals surface area contributed by atoms with E-state index < -0.39 is 0 Å². The Morgan fingerprint density at radius 2 is 1.65 bits per heavy atom. The maximum Gasteiger partial charge on any atom is 0.258 e. The summed E-state index contributed by atoms with van der Waals surface area (Å²) in [6.45, 7) is 8.58.